The maximum Gasteiger partial charge on any atom is 0.0494 e. The smallest absolute Gasteiger partial charge is 0.0494 e. The highest BCUT2D eigenvalue weighted by molar-refractivity contribution is 7.12. The Morgan fingerprint density at radius 3 is 2.44 bits per heavy atom. The van der Waals surface area contributed by atoms with E-state index in [1.807, 2.05) is 11.3 Å². The zero-order chi connectivity index (χ0) is 13.0. The molecular formula is C16H21NS. The summed E-state index contributed by atoms with van der Waals surface area (Å²) in [4.78, 5) is 2.88. The molecule has 0 aliphatic carbocycles. The second-order valence-electron chi connectivity index (χ2n) is 4.54. The molecule has 18 heavy (non-hydrogen) atoms. The van der Waals surface area contributed by atoms with Gasteiger partial charge in [0.1, 0.15) is 0 Å². The number of hydrogen-bond donors (Lipinski definition) is 1. The van der Waals surface area contributed by atoms with Crippen molar-refractivity contribution in [3.63, 3.8) is 0 Å². The summed E-state index contributed by atoms with van der Waals surface area (Å²) in [5.41, 5.74) is 4.05. The van der Waals surface area contributed by atoms with Gasteiger partial charge in [0, 0.05) is 22.0 Å². The monoisotopic (exact) mass is 259 g/mol. The third-order valence-electron chi connectivity index (χ3n) is 3.25. The van der Waals surface area contributed by atoms with Gasteiger partial charge in [-0.15, -0.1) is 11.3 Å². The van der Waals surface area contributed by atoms with Crippen molar-refractivity contribution in [3.05, 3.63) is 51.2 Å². The zero-order valence-electron chi connectivity index (χ0n) is 11.4. The van der Waals surface area contributed by atoms with Crippen LogP contribution < -0.4 is 5.32 Å². The lowest BCUT2D eigenvalue weighted by atomic mass is 10.1. The van der Waals surface area contributed by atoms with Crippen molar-refractivity contribution in [2.45, 2.75) is 40.2 Å². The minimum absolute atomic E-state index is 0.933. The lowest BCUT2D eigenvalue weighted by Crippen LogP contribution is -2.02. The van der Waals surface area contributed by atoms with Gasteiger partial charge >= 0.3 is 0 Å². The van der Waals surface area contributed by atoms with Crippen molar-refractivity contribution >= 4 is 17.0 Å². The van der Waals surface area contributed by atoms with Gasteiger partial charge in [-0.2, -0.15) is 0 Å². The summed E-state index contributed by atoms with van der Waals surface area (Å²) in [5.74, 6) is 0. The Morgan fingerprint density at radius 2 is 1.78 bits per heavy atom. The summed E-state index contributed by atoms with van der Waals surface area (Å²) in [6.45, 7) is 7.52. The number of thiophene rings is 1. The van der Waals surface area contributed by atoms with Gasteiger partial charge in [-0.1, -0.05) is 32.0 Å². The van der Waals surface area contributed by atoms with Crippen molar-refractivity contribution in [1.29, 1.82) is 0 Å². The molecule has 0 saturated heterocycles. The van der Waals surface area contributed by atoms with Crippen molar-refractivity contribution in [2.75, 3.05) is 5.32 Å². The summed E-state index contributed by atoms with van der Waals surface area (Å²) < 4.78 is 0. The number of rotatable bonds is 5. The van der Waals surface area contributed by atoms with Crippen LogP contribution in [0.25, 0.3) is 0 Å². The molecule has 1 nitrogen and oxygen atoms in total. The van der Waals surface area contributed by atoms with Crippen molar-refractivity contribution in [3.8, 4) is 0 Å². The normalized spacial score (nSPS) is 10.6. The molecule has 1 N–H and O–H groups in total. The number of anilines is 1. The lowest BCUT2D eigenvalue weighted by molar-refractivity contribution is 1.09. The molecule has 1 heterocycles. The first kappa shape index (κ1) is 13.2. The van der Waals surface area contributed by atoms with Gasteiger partial charge in [0.25, 0.3) is 0 Å². The highest BCUT2D eigenvalue weighted by atomic mass is 32.1. The quantitative estimate of drug-likeness (QED) is 0.813. The summed E-state index contributed by atoms with van der Waals surface area (Å²) >= 11 is 1.91. The molecule has 1 aromatic heterocycles. The highest BCUT2D eigenvalue weighted by Crippen LogP contribution is 2.23. The average molecular weight is 259 g/mol. The first-order valence-electron chi connectivity index (χ1n) is 6.64. The van der Waals surface area contributed by atoms with Gasteiger partial charge < -0.3 is 5.32 Å². The van der Waals surface area contributed by atoms with Crippen LogP contribution in [0.4, 0.5) is 5.69 Å². The van der Waals surface area contributed by atoms with Gasteiger partial charge in [0.2, 0.25) is 0 Å². The van der Waals surface area contributed by atoms with Crippen LogP contribution in [-0.2, 0) is 19.4 Å². The van der Waals surface area contributed by atoms with Gasteiger partial charge in [0.15, 0.2) is 0 Å². The summed E-state index contributed by atoms with van der Waals surface area (Å²) in [6.07, 6.45) is 2.21. The van der Waals surface area contributed by atoms with E-state index in [1.165, 1.54) is 26.6 Å². The second kappa shape index (κ2) is 6.05. The third-order valence-corrected chi connectivity index (χ3v) is 4.47. The van der Waals surface area contributed by atoms with Crippen LogP contribution in [0.2, 0.25) is 0 Å². The number of nitrogens with one attached hydrogen (secondary N) is 1. The Balaban J connectivity index is 2.10. The Bertz CT molecular complexity index is 514. The average Bonchev–Trinajstić information content (AvgIpc) is 2.85. The number of hydrogen-bond acceptors (Lipinski definition) is 2. The third kappa shape index (κ3) is 2.94. The van der Waals surface area contributed by atoms with E-state index < -0.39 is 0 Å². The molecule has 2 rings (SSSR count). The van der Waals surface area contributed by atoms with E-state index in [-0.39, 0.29) is 0 Å². The molecule has 2 heteroatoms. The van der Waals surface area contributed by atoms with Crippen LogP contribution in [-0.4, -0.2) is 0 Å². The Hall–Kier alpha value is -1.28. The number of aryl methyl sites for hydroxylation is 3. The minimum atomic E-state index is 0.933. The maximum atomic E-state index is 3.60. The fourth-order valence-electron chi connectivity index (χ4n) is 2.16. The fourth-order valence-corrected chi connectivity index (χ4v) is 3.06. The molecule has 2 aromatic rings. The molecule has 0 aliphatic rings. The zero-order valence-corrected chi connectivity index (χ0v) is 12.2. The molecule has 1 aromatic carbocycles. The van der Waals surface area contributed by atoms with Gasteiger partial charge in [-0.05, 0) is 43.0 Å². The largest absolute Gasteiger partial charge is 0.380 e. The van der Waals surface area contributed by atoms with E-state index in [2.05, 4.69) is 56.4 Å². The van der Waals surface area contributed by atoms with Gasteiger partial charge in [0.05, 0.1) is 0 Å². The molecule has 0 fully saturated rings. The Labute approximate surface area is 114 Å². The van der Waals surface area contributed by atoms with Crippen LogP contribution in [0, 0.1) is 6.92 Å². The number of benzene rings is 1. The van der Waals surface area contributed by atoms with E-state index in [0.29, 0.717) is 0 Å². The van der Waals surface area contributed by atoms with Crippen LogP contribution in [0.15, 0.2) is 30.3 Å². The summed E-state index contributed by atoms with van der Waals surface area (Å²) in [5, 5.41) is 3.60. The first-order valence-corrected chi connectivity index (χ1v) is 7.46. The molecule has 0 bridgehead atoms. The molecule has 0 atom stereocenters. The Kier molecular flexibility index (Phi) is 4.43. The number of para-hydroxylation sites is 1. The topological polar surface area (TPSA) is 12.0 Å². The van der Waals surface area contributed by atoms with E-state index >= 15 is 0 Å². The predicted molar refractivity (Wildman–Crippen MR) is 81.6 cm³/mol. The van der Waals surface area contributed by atoms with Crippen LogP contribution in [0.5, 0.6) is 0 Å². The second-order valence-corrected chi connectivity index (χ2v) is 5.79. The highest BCUT2D eigenvalue weighted by Gasteiger charge is 2.04. The molecular weight excluding hydrogens is 238 g/mol. The molecule has 0 aliphatic heterocycles. The van der Waals surface area contributed by atoms with Crippen LogP contribution in [0.1, 0.15) is 34.7 Å². The van der Waals surface area contributed by atoms with Crippen molar-refractivity contribution in [1.82, 2.24) is 0 Å². The maximum absolute atomic E-state index is 3.60. The lowest BCUT2D eigenvalue weighted by Gasteiger charge is -2.13. The van der Waals surface area contributed by atoms with Crippen molar-refractivity contribution in [2.24, 2.45) is 0 Å². The molecule has 0 saturated carbocycles. The van der Waals surface area contributed by atoms with Gasteiger partial charge in [-0.25, -0.2) is 0 Å². The molecule has 0 spiro atoms. The van der Waals surface area contributed by atoms with Crippen LogP contribution >= 0.6 is 11.3 Å². The molecule has 96 valence electrons. The molecule has 0 amide bonds. The summed E-state index contributed by atoms with van der Waals surface area (Å²) in [6, 6.07) is 11.0. The minimum Gasteiger partial charge on any atom is -0.380 e. The van der Waals surface area contributed by atoms with E-state index in [4.69, 9.17) is 0 Å². The van der Waals surface area contributed by atoms with E-state index in [0.717, 1.165) is 19.4 Å². The summed E-state index contributed by atoms with van der Waals surface area (Å²) in [7, 11) is 0. The Morgan fingerprint density at radius 1 is 1.00 bits per heavy atom. The first-order chi connectivity index (χ1) is 8.74. The van der Waals surface area contributed by atoms with E-state index in [1.54, 1.807) is 0 Å². The fraction of sp³-hybridized carbons (Fsp3) is 0.375. The molecule has 0 unspecified atom stereocenters. The van der Waals surface area contributed by atoms with Crippen LogP contribution in [0.3, 0.4) is 0 Å². The van der Waals surface area contributed by atoms with E-state index in [9.17, 15) is 0 Å². The van der Waals surface area contributed by atoms with Gasteiger partial charge in [-0.3, -0.25) is 0 Å². The molecule has 0 radical (unpaired) electrons. The van der Waals surface area contributed by atoms with Crippen molar-refractivity contribution < 1.29 is 0 Å². The standard InChI is InChI=1S/C16H21NS/c1-4-13-8-6-7-12(3)16(13)17-11-15-10-9-14(5-2)18-15/h6-10,17H,4-5,11H2,1-3H3. The predicted octanol–water partition coefficient (Wildman–Crippen LogP) is 4.79. The SMILES string of the molecule is CCc1ccc(CNc2c(C)cccc2CC)s1.